The van der Waals surface area contributed by atoms with Crippen molar-refractivity contribution in [2.45, 2.75) is 45.8 Å². The fourth-order valence-electron chi connectivity index (χ4n) is 4.44. The number of nitrogens with zero attached hydrogens (tertiary/aromatic N) is 1. The summed E-state index contributed by atoms with van der Waals surface area (Å²) in [5.74, 6) is 0.239. The van der Waals surface area contributed by atoms with Crippen LogP contribution in [0.5, 0.6) is 5.75 Å². The highest BCUT2D eigenvalue weighted by atomic mass is 16.5. The van der Waals surface area contributed by atoms with Crippen molar-refractivity contribution in [1.82, 2.24) is 9.88 Å². The van der Waals surface area contributed by atoms with Crippen LogP contribution in [-0.4, -0.2) is 60.8 Å². The molecule has 1 aromatic heterocycles. The van der Waals surface area contributed by atoms with Crippen LogP contribution in [-0.2, 0) is 9.47 Å². The van der Waals surface area contributed by atoms with Crippen molar-refractivity contribution in [2.24, 2.45) is 0 Å². The van der Waals surface area contributed by atoms with Gasteiger partial charge in [0.1, 0.15) is 18.5 Å². The monoisotopic (exact) mass is 466 g/mol. The molecular formula is C27H34N2O5. The Hall–Kier alpha value is -2.87. The van der Waals surface area contributed by atoms with Gasteiger partial charge in [-0.25, -0.2) is 4.79 Å². The van der Waals surface area contributed by atoms with Gasteiger partial charge in [0.2, 0.25) is 0 Å². The van der Waals surface area contributed by atoms with Crippen molar-refractivity contribution in [3.05, 3.63) is 59.3 Å². The Balaban J connectivity index is 1.53. The molecule has 1 fully saturated rings. The quantitative estimate of drug-likeness (QED) is 0.441. The number of hydrogen-bond acceptors (Lipinski definition) is 6. The van der Waals surface area contributed by atoms with E-state index in [0.29, 0.717) is 24.5 Å². The van der Waals surface area contributed by atoms with Crippen LogP contribution in [0.2, 0.25) is 0 Å². The fourth-order valence-corrected chi connectivity index (χ4v) is 4.44. The number of aromatic nitrogens is 1. The molecule has 0 aliphatic carbocycles. The van der Waals surface area contributed by atoms with Gasteiger partial charge in [-0.15, -0.1) is 0 Å². The summed E-state index contributed by atoms with van der Waals surface area (Å²) in [6.07, 6.45) is 1.74. The first-order valence-corrected chi connectivity index (χ1v) is 12.0. The van der Waals surface area contributed by atoms with Crippen molar-refractivity contribution >= 4 is 16.9 Å². The van der Waals surface area contributed by atoms with E-state index < -0.39 is 6.10 Å². The van der Waals surface area contributed by atoms with Gasteiger partial charge in [0, 0.05) is 36.5 Å². The Morgan fingerprint density at radius 3 is 2.74 bits per heavy atom. The summed E-state index contributed by atoms with van der Waals surface area (Å²) < 4.78 is 18.9. The molecule has 0 radical (unpaired) electrons. The SMILES string of the molecule is CCOC(=O)c1c(C)n(-c2ccc(C)cc2)c2ccc(OC[C@H](O)CNC[C@H]3CCCO3)cc12. The number of carbonyl (C=O) groups excluding carboxylic acids is 1. The van der Waals surface area contributed by atoms with E-state index in [9.17, 15) is 9.90 Å². The fraction of sp³-hybridized carbons (Fsp3) is 0.444. The lowest BCUT2D eigenvalue weighted by Gasteiger charge is -2.15. The summed E-state index contributed by atoms with van der Waals surface area (Å²) in [5, 5.41) is 14.3. The van der Waals surface area contributed by atoms with Crippen molar-refractivity contribution in [3.8, 4) is 11.4 Å². The Morgan fingerprint density at radius 2 is 2.03 bits per heavy atom. The zero-order chi connectivity index (χ0) is 24.1. The molecule has 1 aliphatic rings. The third-order valence-corrected chi connectivity index (χ3v) is 6.17. The molecule has 3 aromatic rings. The summed E-state index contributed by atoms with van der Waals surface area (Å²) in [5.41, 5.74) is 4.39. The molecule has 182 valence electrons. The van der Waals surface area contributed by atoms with E-state index >= 15 is 0 Å². The van der Waals surface area contributed by atoms with Gasteiger partial charge in [0.05, 0.1) is 23.8 Å². The lowest BCUT2D eigenvalue weighted by Crippen LogP contribution is -2.35. The van der Waals surface area contributed by atoms with Gasteiger partial charge in [0.15, 0.2) is 0 Å². The number of aliphatic hydroxyl groups excluding tert-OH is 1. The van der Waals surface area contributed by atoms with Crippen LogP contribution >= 0.6 is 0 Å². The van der Waals surface area contributed by atoms with E-state index in [0.717, 1.165) is 48.3 Å². The first-order valence-electron chi connectivity index (χ1n) is 12.0. The van der Waals surface area contributed by atoms with Crippen LogP contribution in [0.1, 0.15) is 41.4 Å². The van der Waals surface area contributed by atoms with E-state index in [4.69, 9.17) is 14.2 Å². The first-order chi connectivity index (χ1) is 16.5. The van der Waals surface area contributed by atoms with E-state index in [1.807, 2.05) is 44.2 Å². The normalized spacial score (nSPS) is 16.6. The molecule has 1 saturated heterocycles. The maximum atomic E-state index is 12.8. The average Bonchev–Trinajstić information content (AvgIpc) is 3.43. The standard InChI is InChI=1S/C27H34N2O5/c1-4-32-27(31)26-19(3)29(20-9-7-18(2)8-10-20)25-12-11-22(14-24(25)26)34-17-21(30)15-28-16-23-6-5-13-33-23/h7-12,14,21,23,28,30H,4-6,13,15-17H2,1-3H3/t21-,23-/m1/s1. The minimum absolute atomic E-state index is 0.149. The highest BCUT2D eigenvalue weighted by molar-refractivity contribution is 6.07. The number of ether oxygens (including phenoxy) is 3. The predicted octanol–water partition coefficient (Wildman–Crippen LogP) is 3.93. The molecule has 2 heterocycles. The van der Waals surface area contributed by atoms with Crippen LogP contribution in [0.3, 0.4) is 0 Å². The Bertz CT molecular complexity index is 1120. The Morgan fingerprint density at radius 1 is 1.24 bits per heavy atom. The molecule has 2 aromatic carbocycles. The van der Waals surface area contributed by atoms with Gasteiger partial charge in [0.25, 0.3) is 0 Å². The van der Waals surface area contributed by atoms with Gasteiger partial charge in [-0.3, -0.25) is 0 Å². The topological polar surface area (TPSA) is 82.0 Å². The minimum atomic E-state index is -0.652. The maximum Gasteiger partial charge on any atom is 0.340 e. The number of hydrogen-bond donors (Lipinski definition) is 2. The zero-order valence-electron chi connectivity index (χ0n) is 20.2. The lowest BCUT2D eigenvalue weighted by molar-refractivity contribution is 0.0527. The van der Waals surface area contributed by atoms with E-state index in [2.05, 4.69) is 22.0 Å². The Labute approximate surface area is 200 Å². The number of aliphatic hydroxyl groups is 1. The Kier molecular flexibility index (Phi) is 7.88. The van der Waals surface area contributed by atoms with Gasteiger partial charge < -0.3 is 29.2 Å². The summed E-state index contributed by atoms with van der Waals surface area (Å²) in [4.78, 5) is 12.8. The van der Waals surface area contributed by atoms with Crippen molar-refractivity contribution in [3.63, 3.8) is 0 Å². The first kappa shape index (κ1) is 24.3. The second-order valence-corrected chi connectivity index (χ2v) is 8.79. The summed E-state index contributed by atoms with van der Waals surface area (Å²) >= 11 is 0. The highest BCUT2D eigenvalue weighted by Gasteiger charge is 2.22. The molecule has 7 nitrogen and oxygen atoms in total. The minimum Gasteiger partial charge on any atom is -0.491 e. The molecule has 7 heteroatoms. The molecule has 34 heavy (non-hydrogen) atoms. The summed E-state index contributed by atoms with van der Waals surface area (Å²) in [6.45, 7) is 8.21. The molecule has 0 bridgehead atoms. The number of aryl methyl sites for hydroxylation is 1. The van der Waals surface area contributed by atoms with Crippen LogP contribution < -0.4 is 10.1 Å². The van der Waals surface area contributed by atoms with E-state index in [-0.39, 0.29) is 18.7 Å². The number of rotatable bonds is 10. The van der Waals surface area contributed by atoms with Gasteiger partial charge >= 0.3 is 5.97 Å². The van der Waals surface area contributed by atoms with Crippen LogP contribution in [0, 0.1) is 13.8 Å². The van der Waals surface area contributed by atoms with E-state index in [1.54, 1.807) is 6.92 Å². The van der Waals surface area contributed by atoms with Gasteiger partial charge in [-0.1, -0.05) is 17.7 Å². The molecule has 0 unspecified atom stereocenters. The van der Waals surface area contributed by atoms with Crippen molar-refractivity contribution < 1.29 is 24.1 Å². The van der Waals surface area contributed by atoms with Gasteiger partial charge in [-0.2, -0.15) is 0 Å². The smallest absolute Gasteiger partial charge is 0.340 e. The van der Waals surface area contributed by atoms with Crippen LogP contribution in [0.4, 0.5) is 0 Å². The summed E-state index contributed by atoms with van der Waals surface area (Å²) in [6, 6.07) is 13.9. The summed E-state index contributed by atoms with van der Waals surface area (Å²) in [7, 11) is 0. The molecule has 0 amide bonds. The molecule has 0 spiro atoms. The average molecular weight is 467 g/mol. The van der Waals surface area contributed by atoms with E-state index in [1.165, 1.54) is 5.56 Å². The molecule has 2 atom stereocenters. The van der Waals surface area contributed by atoms with Crippen LogP contribution in [0.15, 0.2) is 42.5 Å². The largest absolute Gasteiger partial charge is 0.491 e. The highest BCUT2D eigenvalue weighted by Crippen LogP contribution is 2.32. The van der Waals surface area contributed by atoms with Crippen molar-refractivity contribution in [2.75, 3.05) is 32.9 Å². The predicted molar refractivity (Wildman–Crippen MR) is 132 cm³/mol. The van der Waals surface area contributed by atoms with Crippen LogP contribution in [0.25, 0.3) is 16.6 Å². The number of benzene rings is 2. The van der Waals surface area contributed by atoms with Gasteiger partial charge in [-0.05, 0) is 63.9 Å². The lowest BCUT2D eigenvalue weighted by atomic mass is 10.1. The third-order valence-electron chi connectivity index (χ3n) is 6.17. The zero-order valence-corrected chi connectivity index (χ0v) is 20.2. The number of fused-ring (bicyclic) bond motifs is 1. The molecule has 0 saturated carbocycles. The number of carbonyl (C=O) groups is 1. The number of esters is 1. The number of nitrogens with one attached hydrogen (secondary N) is 1. The molecule has 4 rings (SSSR count). The third kappa shape index (κ3) is 5.43. The second kappa shape index (κ2) is 11.0. The molecule has 1 aliphatic heterocycles. The second-order valence-electron chi connectivity index (χ2n) is 8.79. The molecule has 2 N–H and O–H groups in total. The molecular weight excluding hydrogens is 432 g/mol. The maximum absolute atomic E-state index is 12.8. The van der Waals surface area contributed by atoms with Crippen molar-refractivity contribution in [1.29, 1.82) is 0 Å².